The van der Waals surface area contributed by atoms with Crippen molar-refractivity contribution in [3.63, 3.8) is 0 Å². The molecule has 66 valence electrons. The van der Waals surface area contributed by atoms with Gasteiger partial charge in [0.1, 0.15) is 5.84 Å². The van der Waals surface area contributed by atoms with Crippen molar-refractivity contribution in [2.75, 3.05) is 18.1 Å². The first-order chi connectivity index (χ1) is 5.20. The smallest absolute Gasteiger partial charge is 0.149 e. The SMILES string of the molecule is CC(CO)CSCC(N)=NO. The molecule has 0 fully saturated rings. The standard InChI is InChI=1S/C6H14N2O2S/c1-5(2-9)3-11-4-6(7)8-10/h5,9-10H,2-4H2,1H3,(H2,7,8). The molecule has 0 rings (SSSR count). The van der Waals surface area contributed by atoms with Crippen LogP contribution < -0.4 is 5.73 Å². The van der Waals surface area contributed by atoms with Gasteiger partial charge >= 0.3 is 0 Å². The highest BCUT2D eigenvalue weighted by Crippen LogP contribution is 2.06. The van der Waals surface area contributed by atoms with E-state index in [9.17, 15) is 0 Å². The van der Waals surface area contributed by atoms with Crippen molar-refractivity contribution in [2.24, 2.45) is 16.8 Å². The van der Waals surface area contributed by atoms with Gasteiger partial charge in [-0.3, -0.25) is 0 Å². The molecule has 4 nitrogen and oxygen atoms in total. The predicted octanol–water partition coefficient (Wildman–Crippen LogP) is 0.0944. The van der Waals surface area contributed by atoms with E-state index in [-0.39, 0.29) is 18.4 Å². The van der Waals surface area contributed by atoms with E-state index in [4.69, 9.17) is 16.0 Å². The summed E-state index contributed by atoms with van der Waals surface area (Å²) in [5, 5.41) is 19.6. The lowest BCUT2D eigenvalue weighted by Crippen LogP contribution is -2.15. The molecular weight excluding hydrogens is 164 g/mol. The van der Waals surface area contributed by atoms with E-state index in [1.165, 1.54) is 0 Å². The van der Waals surface area contributed by atoms with E-state index in [1.807, 2.05) is 6.92 Å². The molecule has 0 aliphatic heterocycles. The Morgan fingerprint density at radius 1 is 1.73 bits per heavy atom. The number of rotatable bonds is 5. The zero-order valence-corrected chi connectivity index (χ0v) is 7.34. The number of hydrogen-bond acceptors (Lipinski definition) is 4. The third kappa shape index (κ3) is 6.00. The molecule has 1 unspecified atom stereocenters. The number of aliphatic hydroxyl groups is 1. The fraction of sp³-hybridized carbons (Fsp3) is 0.833. The number of nitrogens with zero attached hydrogens (tertiary/aromatic N) is 1. The van der Waals surface area contributed by atoms with Crippen LogP contribution in [0.4, 0.5) is 0 Å². The molecule has 0 amide bonds. The molecule has 0 spiro atoms. The highest BCUT2D eigenvalue weighted by atomic mass is 32.2. The first-order valence-electron chi connectivity index (χ1n) is 3.35. The Morgan fingerprint density at radius 2 is 2.36 bits per heavy atom. The van der Waals surface area contributed by atoms with Gasteiger partial charge in [-0.05, 0) is 11.7 Å². The van der Waals surface area contributed by atoms with Gasteiger partial charge in [0.05, 0.1) is 5.75 Å². The third-order valence-electron chi connectivity index (χ3n) is 1.09. The molecule has 4 N–H and O–H groups in total. The fourth-order valence-corrected chi connectivity index (χ4v) is 1.34. The van der Waals surface area contributed by atoms with Crippen LogP contribution in [-0.4, -0.2) is 34.3 Å². The Morgan fingerprint density at radius 3 is 2.82 bits per heavy atom. The third-order valence-corrected chi connectivity index (χ3v) is 2.40. The summed E-state index contributed by atoms with van der Waals surface area (Å²) in [7, 11) is 0. The number of aliphatic hydroxyl groups excluding tert-OH is 1. The molecule has 0 aromatic carbocycles. The van der Waals surface area contributed by atoms with Crippen molar-refractivity contribution < 1.29 is 10.3 Å². The molecule has 0 aliphatic rings. The topological polar surface area (TPSA) is 78.8 Å². The summed E-state index contributed by atoms with van der Waals surface area (Å²) in [4.78, 5) is 0. The summed E-state index contributed by atoms with van der Waals surface area (Å²) < 4.78 is 0. The van der Waals surface area contributed by atoms with E-state index in [0.717, 1.165) is 5.75 Å². The maximum absolute atomic E-state index is 8.63. The number of thioether (sulfide) groups is 1. The molecule has 0 heterocycles. The average molecular weight is 178 g/mol. The maximum Gasteiger partial charge on any atom is 0.149 e. The Bertz CT molecular complexity index is 130. The summed E-state index contributed by atoms with van der Waals surface area (Å²) in [6.45, 7) is 2.13. The largest absolute Gasteiger partial charge is 0.409 e. The molecule has 0 bridgehead atoms. The Kier molecular flexibility index (Phi) is 6.06. The van der Waals surface area contributed by atoms with Crippen LogP contribution in [0.25, 0.3) is 0 Å². The number of hydrogen-bond donors (Lipinski definition) is 3. The minimum Gasteiger partial charge on any atom is -0.409 e. The lowest BCUT2D eigenvalue weighted by molar-refractivity contribution is 0.250. The van der Waals surface area contributed by atoms with Crippen LogP contribution in [0.15, 0.2) is 5.16 Å². The van der Waals surface area contributed by atoms with E-state index in [1.54, 1.807) is 11.8 Å². The van der Waals surface area contributed by atoms with Gasteiger partial charge < -0.3 is 16.0 Å². The van der Waals surface area contributed by atoms with Crippen LogP contribution >= 0.6 is 11.8 Å². The van der Waals surface area contributed by atoms with Crippen LogP contribution in [-0.2, 0) is 0 Å². The van der Waals surface area contributed by atoms with E-state index in [2.05, 4.69) is 5.16 Å². The van der Waals surface area contributed by atoms with Crippen molar-refractivity contribution >= 4 is 17.6 Å². The second-order valence-corrected chi connectivity index (χ2v) is 3.42. The van der Waals surface area contributed by atoms with Gasteiger partial charge in [0.15, 0.2) is 0 Å². The second-order valence-electron chi connectivity index (χ2n) is 2.39. The highest BCUT2D eigenvalue weighted by Gasteiger charge is 2.00. The molecule has 0 saturated heterocycles. The van der Waals surface area contributed by atoms with Gasteiger partial charge in [-0.1, -0.05) is 12.1 Å². The van der Waals surface area contributed by atoms with Crippen molar-refractivity contribution in [2.45, 2.75) is 6.92 Å². The number of amidine groups is 1. The zero-order valence-electron chi connectivity index (χ0n) is 6.53. The van der Waals surface area contributed by atoms with E-state index in [0.29, 0.717) is 5.75 Å². The molecule has 0 saturated carbocycles. The monoisotopic (exact) mass is 178 g/mol. The van der Waals surface area contributed by atoms with Gasteiger partial charge in [0.2, 0.25) is 0 Å². The van der Waals surface area contributed by atoms with Gasteiger partial charge in [-0.2, -0.15) is 11.8 Å². The minimum atomic E-state index is 0.184. The molecule has 1 atom stereocenters. The lowest BCUT2D eigenvalue weighted by Gasteiger charge is -2.05. The highest BCUT2D eigenvalue weighted by molar-refractivity contribution is 7.99. The molecule has 0 aliphatic carbocycles. The Hall–Kier alpha value is -0.420. The summed E-state index contributed by atoms with van der Waals surface area (Å²) in [5.74, 6) is 1.83. The first-order valence-corrected chi connectivity index (χ1v) is 4.51. The minimum absolute atomic E-state index is 0.184. The summed E-state index contributed by atoms with van der Waals surface area (Å²) in [5.41, 5.74) is 5.22. The first kappa shape index (κ1) is 10.6. The van der Waals surface area contributed by atoms with Crippen LogP contribution in [0.5, 0.6) is 0 Å². The fourth-order valence-electron chi connectivity index (χ4n) is 0.446. The Labute approximate surface area is 70.5 Å². The Balaban J connectivity index is 3.27. The van der Waals surface area contributed by atoms with Crippen molar-refractivity contribution in [3.8, 4) is 0 Å². The van der Waals surface area contributed by atoms with E-state index >= 15 is 0 Å². The molecule has 5 heteroatoms. The van der Waals surface area contributed by atoms with E-state index < -0.39 is 0 Å². The van der Waals surface area contributed by atoms with Crippen molar-refractivity contribution in [1.29, 1.82) is 0 Å². The molecular formula is C6H14N2O2S. The summed E-state index contributed by atoms with van der Waals surface area (Å²) in [6.07, 6.45) is 0. The van der Waals surface area contributed by atoms with Gasteiger partial charge in [-0.15, -0.1) is 0 Å². The van der Waals surface area contributed by atoms with Gasteiger partial charge in [-0.25, -0.2) is 0 Å². The van der Waals surface area contributed by atoms with Crippen molar-refractivity contribution in [1.82, 2.24) is 0 Å². The lowest BCUT2D eigenvalue weighted by atomic mass is 10.2. The van der Waals surface area contributed by atoms with Gasteiger partial charge in [0.25, 0.3) is 0 Å². The normalized spacial score (nSPS) is 14.9. The van der Waals surface area contributed by atoms with Crippen molar-refractivity contribution in [3.05, 3.63) is 0 Å². The maximum atomic E-state index is 8.63. The summed E-state index contributed by atoms with van der Waals surface area (Å²) >= 11 is 1.54. The second kappa shape index (κ2) is 6.30. The summed E-state index contributed by atoms with van der Waals surface area (Å²) in [6, 6.07) is 0. The van der Waals surface area contributed by atoms with Gasteiger partial charge in [0, 0.05) is 6.61 Å². The van der Waals surface area contributed by atoms with Crippen LogP contribution in [0.2, 0.25) is 0 Å². The molecule has 0 aromatic rings. The molecule has 0 aromatic heterocycles. The zero-order chi connectivity index (χ0) is 8.69. The van der Waals surface area contributed by atoms with Crippen LogP contribution in [0.3, 0.4) is 0 Å². The number of oxime groups is 1. The predicted molar refractivity (Wildman–Crippen MR) is 47.0 cm³/mol. The van der Waals surface area contributed by atoms with Crippen LogP contribution in [0.1, 0.15) is 6.92 Å². The average Bonchev–Trinajstić information content (AvgIpc) is 2.04. The van der Waals surface area contributed by atoms with Crippen LogP contribution in [0, 0.1) is 5.92 Å². The molecule has 11 heavy (non-hydrogen) atoms. The molecule has 0 radical (unpaired) electrons. The quantitative estimate of drug-likeness (QED) is 0.241. The number of nitrogens with two attached hydrogens (primary N) is 1.